The summed E-state index contributed by atoms with van der Waals surface area (Å²) >= 11 is 0. The molecular formula is C24H29BF4N2O3. The van der Waals surface area contributed by atoms with E-state index in [4.69, 9.17) is 9.31 Å². The summed E-state index contributed by atoms with van der Waals surface area (Å²) in [5, 5.41) is 9.38. The van der Waals surface area contributed by atoms with Gasteiger partial charge in [-0.15, -0.1) is 0 Å². The Balaban J connectivity index is 1.39. The first-order chi connectivity index (χ1) is 15.8. The third kappa shape index (κ3) is 4.76. The highest BCUT2D eigenvalue weighted by Gasteiger charge is 2.51. The van der Waals surface area contributed by atoms with Gasteiger partial charge in [0.25, 0.3) is 0 Å². The number of aliphatic hydroxyl groups is 1. The average Bonchev–Trinajstić information content (AvgIpc) is 3.00. The summed E-state index contributed by atoms with van der Waals surface area (Å²) in [6.45, 7) is 9.00. The fourth-order valence-electron chi connectivity index (χ4n) is 4.12. The van der Waals surface area contributed by atoms with E-state index in [9.17, 15) is 18.3 Å². The summed E-state index contributed by atoms with van der Waals surface area (Å²) < 4.78 is 65.3. The molecule has 2 unspecified atom stereocenters. The summed E-state index contributed by atoms with van der Waals surface area (Å²) in [6, 6.07) is 12.8. The number of piperazine rings is 1. The van der Waals surface area contributed by atoms with Gasteiger partial charge in [0.15, 0.2) is 12.4 Å². The molecule has 2 aromatic carbocycles. The standard InChI is InChI=1S/C24H29BF4N2O3/c1-22(2)23(3,4)34-25(33-22)17-7-11-18(12-8-17)30-13-14-31(20(26)15-30)19-9-5-16(6-10-19)21(32)24(27,28)29/h5-12,20-21,32H,13-15H2,1-4H3. The van der Waals surface area contributed by atoms with Gasteiger partial charge in [0.05, 0.1) is 17.7 Å². The molecule has 0 bridgehead atoms. The second-order valence-electron chi connectivity index (χ2n) is 9.79. The molecule has 34 heavy (non-hydrogen) atoms. The van der Waals surface area contributed by atoms with E-state index >= 15 is 4.39 Å². The number of anilines is 2. The first-order valence-electron chi connectivity index (χ1n) is 11.2. The zero-order chi connectivity index (χ0) is 24.9. The minimum Gasteiger partial charge on any atom is -0.399 e. The Hall–Kier alpha value is -2.30. The first kappa shape index (κ1) is 24.8. The minimum atomic E-state index is -4.74. The molecular weight excluding hydrogens is 451 g/mol. The summed E-state index contributed by atoms with van der Waals surface area (Å²) in [5.74, 6) is 0. The molecule has 0 amide bonds. The van der Waals surface area contributed by atoms with Crippen molar-refractivity contribution in [1.29, 1.82) is 0 Å². The summed E-state index contributed by atoms with van der Waals surface area (Å²) in [7, 11) is -0.469. The molecule has 2 saturated heterocycles. The van der Waals surface area contributed by atoms with Crippen LogP contribution in [0.25, 0.3) is 0 Å². The fourth-order valence-corrected chi connectivity index (χ4v) is 4.12. The van der Waals surface area contributed by atoms with Gasteiger partial charge in [-0.1, -0.05) is 24.3 Å². The quantitative estimate of drug-likeness (QED) is 0.404. The number of alkyl halides is 4. The van der Waals surface area contributed by atoms with Gasteiger partial charge in [-0.05, 0) is 63.0 Å². The van der Waals surface area contributed by atoms with Gasteiger partial charge >= 0.3 is 13.3 Å². The normalized spacial score (nSPS) is 23.3. The zero-order valence-electron chi connectivity index (χ0n) is 19.6. The maximum Gasteiger partial charge on any atom is 0.494 e. The van der Waals surface area contributed by atoms with Crippen molar-refractivity contribution in [3.8, 4) is 0 Å². The van der Waals surface area contributed by atoms with Crippen LogP contribution in [0.1, 0.15) is 39.4 Å². The predicted molar refractivity (Wildman–Crippen MR) is 124 cm³/mol. The van der Waals surface area contributed by atoms with Crippen LogP contribution in [0.2, 0.25) is 0 Å². The lowest BCUT2D eigenvalue weighted by molar-refractivity contribution is -0.206. The first-order valence-corrected chi connectivity index (χ1v) is 11.2. The van der Waals surface area contributed by atoms with Gasteiger partial charge < -0.3 is 24.2 Å². The Labute approximate surface area is 197 Å². The van der Waals surface area contributed by atoms with Gasteiger partial charge in [-0.3, -0.25) is 0 Å². The highest BCUT2D eigenvalue weighted by atomic mass is 19.4. The van der Waals surface area contributed by atoms with Crippen LogP contribution in [-0.4, -0.2) is 55.5 Å². The fraction of sp³-hybridized carbons (Fsp3) is 0.500. The van der Waals surface area contributed by atoms with E-state index in [0.717, 1.165) is 11.2 Å². The number of halogens is 4. The van der Waals surface area contributed by atoms with Crippen LogP contribution in [0.3, 0.4) is 0 Å². The summed E-state index contributed by atoms with van der Waals surface area (Å²) in [5.41, 5.74) is 1.09. The molecule has 0 spiro atoms. The van der Waals surface area contributed by atoms with E-state index in [2.05, 4.69) is 0 Å². The smallest absolute Gasteiger partial charge is 0.399 e. The van der Waals surface area contributed by atoms with E-state index in [1.54, 1.807) is 0 Å². The lowest BCUT2D eigenvalue weighted by Gasteiger charge is -2.40. The Bertz CT molecular complexity index is 983. The van der Waals surface area contributed by atoms with Crippen LogP contribution >= 0.6 is 0 Å². The lowest BCUT2D eigenvalue weighted by Crippen LogP contribution is -2.51. The van der Waals surface area contributed by atoms with E-state index < -0.39 is 36.9 Å². The van der Waals surface area contributed by atoms with Gasteiger partial charge in [0.2, 0.25) is 0 Å². The zero-order valence-corrected chi connectivity index (χ0v) is 19.6. The number of rotatable bonds is 4. The van der Waals surface area contributed by atoms with Crippen molar-refractivity contribution in [3.63, 3.8) is 0 Å². The van der Waals surface area contributed by atoms with Crippen LogP contribution < -0.4 is 15.3 Å². The third-order valence-corrected chi connectivity index (χ3v) is 6.95. The van der Waals surface area contributed by atoms with E-state index in [-0.39, 0.29) is 12.1 Å². The third-order valence-electron chi connectivity index (χ3n) is 6.95. The highest BCUT2D eigenvalue weighted by Crippen LogP contribution is 2.37. The van der Waals surface area contributed by atoms with Crippen molar-refractivity contribution in [2.24, 2.45) is 0 Å². The monoisotopic (exact) mass is 480 g/mol. The molecule has 2 fully saturated rings. The van der Waals surface area contributed by atoms with Crippen molar-refractivity contribution >= 4 is 24.0 Å². The molecule has 0 saturated carbocycles. The molecule has 0 aromatic heterocycles. The van der Waals surface area contributed by atoms with Crippen LogP contribution in [0, 0.1) is 0 Å². The van der Waals surface area contributed by atoms with Crippen molar-refractivity contribution in [2.75, 3.05) is 29.4 Å². The molecule has 184 valence electrons. The minimum absolute atomic E-state index is 0.114. The maximum atomic E-state index is 15.0. The second kappa shape index (κ2) is 8.73. The Morgan fingerprint density at radius 3 is 1.94 bits per heavy atom. The predicted octanol–water partition coefficient (Wildman–Crippen LogP) is 4.20. The molecule has 10 heteroatoms. The van der Waals surface area contributed by atoms with Gasteiger partial charge in [-0.25, -0.2) is 4.39 Å². The topological polar surface area (TPSA) is 45.2 Å². The summed E-state index contributed by atoms with van der Waals surface area (Å²) in [4.78, 5) is 3.44. The van der Waals surface area contributed by atoms with Gasteiger partial charge in [0, 0.05) is 24.5 Å². The van der Waals surface area contributed by atoms with Crippen LogP contribution in [0.15, 0.2) is 48.5 Å². The molecule has 2 aliphatic rings. The maximum absolute atomic E-state index is 15.0. The van der Waals surface area contributed by atoms with Crippen LogP contribution in [-0.2, 0) is 9.31 Å². The Kier molecular flexibility index (Phi) is 6.37. The molecule has 2 aliphatic heterocycles. The van der Waals surface area contributed by atoms with Crippen LogP contribution in [0.5, 0.6) is 0 Å². The Morgan fingerprint density at radius 1 is 0.912 bits per heavy atom. The van der Waals surface area contributed by atoms with E-state index in [1.165, 1.54) is 29.2 Å². The number of nitrogens with zero attached hydrogens (tertiary/aromatic N) is 2. The number of benzene rings is 2. The molecule has 0 radical (unpaired) electrons. The number of hydrogen-bond acceptors (Lipinski definition) is 5. The molecule has 2 atom stereocenters. The number of aliphatic hydroxyl groups excluding tert-OH is 1. The Morgan fingerprint density at radius 2 is 1.44 bits per heavy atom. The van der Waals surface area contributed by atoms with E-state index in [1.807, 2.05) is 56.9 Å². The number of hydrogen-bond donors (Lipinski definition) is 1. The second-order valence-corrected chi connectivity index (χ2v) is 9.79. The molecule has 4 rings (SSSR count). The van der Waals surface area contributed by atoms with E-state index in [0.29, 0.717) is 18.8 Å². The van der Waals surface area contributed by atoms with Crippen molar-refractivity contribution in [2.45, 2.75) is 57.5 Å². The molecule has 5 nitrogen and oxygen atoms in total. The highest BCUT2D eigenvalue weighted by molar-refractivity contribution is 6.62. The van der Waals surface area contributed by atoms with Gasteiger partial charge in [-0.2, -0.15) is 13.2 Å². The lowest BCUT2D eigenvalue weighted by atomic mass is 9.79. The molecule has 0 aliphatic carbocycles. The SMILES string of the molecule is CC1(C)OB(c2ccc(N3CCN(c4ccc(C(O)C(F)(F)F)cc4)C(F)C3)cc2)OC1(C)C. The average molecular weight is 480 g/mol. The largest absolute Gasteiger partial charge is 0.494 e. The van der Waals surface area contributed by atoms with Crippen LogP contribution in [0.4, 0.5) is 28.9 Å². The molecule has 2 aromatic rings. The van der Waals surface area contributed by atoms with Crippen molar-refractivity contribution in [1.82, 2.24) is 0 Å². The molecule has 2 heterocycles. The van der Waals surface area contributed by atoms with Gasteiger partial charge in [0.1, 0.15) is 0 Å². The summed E-state index contributed by atoms with van der Waals surface area (Å²) in [6.07, 6.45) is -8.64. The molecule has 1 N–H and O–H groups in total. The van der Waals surface area contributed by atoms with Crippen molar-refractivity contribution in [3.05, 3.63) is 54.1 Å². The van der Waals surface area contributed by atoms with Crippen molar-refractivity contribution < 1.29 is 32.0 Å².